The first-order valence-electron chi connectivity index (χ1n) is 6.04. The molecule has 0 spiro atoms. The van der Waals surface area contributed by atoms with Gasteiger partial charge in [0.05, 0.1) is 10.9 Å². The van der Waals surface area contributed by atoms with Crippen molar-refractivity contribution in [3.8, 4) is 0 Å². The van der Waals surface area contributed by atoms with Crippen molar-refractivity contribution in [1.29, 1.82) is 0 Å². The van der Waals surface area contributed by atoms with Crippen molar-refractivity contribution in [1.82, 2.24) is 4.90 Å². The van der Waals surface area contributed by atoms with E-state index in [1.165, 1.54) is 0 Å². The maximum atomic E-state index is 12.5. The number of alkyl halides is 1. The minimum Gasteiger partial charge on any atom is -0.465 e. The van der Waals surface area contributed by atoms with Gasteiger partial charge in [0.2, 0.25) is 0 Å². The molecule has 0 N–H and O–H groups in total. The Morgan fingerprint density at radius 3 is 2.82 bits per heavy atom. The van der Waals surface area contributed by atoms with Crippen LogP contribution in [0.1, 0.15) is 26.2 Å². The predicted octanol–water partition coefficient (Wildman–Crippen LogP) is 1.37. The number of rotatable bonds is 2. The zero-order valence-electron chi connectivity index (χ0n) is 10.3. The van der Waals surface area contributed by atoms with Gasteiger partial charge in [-0.15, -0.1) is 0 Å². The summed E-state index contributed by atoms with van der Waals surface area (Å²) in [5.41, 5.74) is -0.940. The van der Waals surface area contributed by atoms with Gasteiger partial charge in [-0.05, 0) is 33.2 Å². The van der Waals surface area contributed by atoms with E-state index in [4.69, 9.17) is 4.74 Å². The third kappa shape index (κ3) is 1.93. The van der Waals surface area contributed by atoms with Gasteiger partial charge in [0.1, 0.15) is 5.41 Å². The standard InChI is InChI=1S/C12H18BrNO3/c1-3-17-10(16)11-5-4-6-12(13,9(11)15)8-14(2)7-11/h3-8H2,1-2H3/t11-,12+/m1/s1. The van der Waals surface area contributed by atoms with E-state index in [9.17, 15) is 9.59 Å². The van der Waals surface area contributed by atoms with E-state index in [0.29, 0.717) is 26.1 Å². The maximum Gasteiger partial charge on any atom is 0.321 e. The van der Waals surface area contributed by atoms with E-state index in [1.54, 1.807) is 6.92 Å². The highest BCUT2D eigenvalue weighted by Gasteiger charge is 2.60. The van der Waals surface area contributed by atoms with Crippen LogP contribution in [0.3, 0.4) is 0 Å². The van der Waals surface area contributed by atoms with Crippen LogP contribution in [0, 0.1) is 5.41 Å². The molecule has 1 aliphatic heterocycles. The third-order valence-corrected chi connectivity index (χ3v) is 4.75. The molecule has 0 radical (unpaired) electrons. The number of ether oxygens (including phenoxy) is 1. The number of nitrogens with zero attached hydrogens (tertiary/aromatic N) is 1. The number of Topliss-reactive ketones (excluding diaryl/α,β-unsaturated/α-hetero) is 1. The molecule has 4 nitrogen and oxygen atoms in total. The van der Waals surface area contributed by atoms with Crippen LogP contribution >= 0.6 is 15.9 Å². The average molecular weight is 304 g/mol. The summed E-state index contributed by atoms with van der Waals surface area (Å²) in [6.45, 7) is 3.26. The number of esters is 1. The second-order valence-electron chi connectivity index (χ2n) is 5.12. The molecule has 2 fully saturated rings. The molecule has 1 aliphatic carbocycles. The summed E-state index contributed by atoms with van der Waals surface area (Å²) in [5, 5.41) is 0. The van der Waals surface area contributed by atoms with Crippen LogP contribution in [0.25, 0.3) is 0 Å². The first-order chi connectivity index (χ1) is 7.94. The fraction of sp³-hybridized carbons (Fsp3) is 0.833. The lowest BCUT2D eigenvalue weighted by atomic mass is 9.65. The van der Waals surface area contributed by atoms with Gasteiger partial charge in [0.25, 0.3) is 0 Å². The van der Waals surface area contributed by atoms with Crippen LogP contribution < -0.4 is 0 Å². The predicted molar refractivity (Wildman–Crippen MR) is 67.1 cm³/mol. The highest BCUT2D eigenvalue weighted by atomic mass is 79.9. The van der Waals surface area contributed by atoms with Crippen molar-refractivity contribution >= 4 is 27.7 Å². The van der Waals surface area contributed by atoms with Crippen LogP contribution in [0.4, 0.5) is 0 Å². The lowest BCUT2D eigenvalue weighted by Crippen LogP contribution is -2.65. The molecule has 2 bridgehead atoms. The smallest absolute Gasteiger partial charge is 0.321 e. The minimum atomic E-state index is -0.940. The van der Waals surface area contributed by atoms with E-state index in [2.05, 4.69) is 15.9 Å². The number of hydrogen-bond donors (Lipinski definition) is 0. The van der Waals surface area contributed by atoms with Crippen LogP contribution in [-0.4, -0.2) is 47.7 Å². The zero-order chi connectivity index (χ0) is 12.7. The Morgan fingerprint density at radius 2 is 2.18 bits per heavy atom. The molecule has 5 heteroatoms. The number of ketones is 1. The van der Waals surface area contributed by atoms with Crippen molar-refractivity contribution in [3.05, 3.63) is 0 Å². The number of piperidine rings is 1. The molecule has 96 valence electrons. The Hall–Kier alpha value is -0.420. The van der Waals surface area contributed by atoms with Crippen molar-refractivity contribution in [2.75, 3.05) is 26.7 Å². The minimum absolute atomic E-state index is 0.0211. The first-order valence-corrected chi connectivity index (χ1v) is 6.83. The quantitative estimate of drug-likeness (QED) is 0.439. The molecule has 1 saturated heterocycles. The highest BCUT2D eigenvalue weighted by Crippen LogP contribution is 2.47. The van der Waals surface area contributed by atoms with Crippen LogP contribution in [0.2, 0.25) is 0 Å². The number of fused-ring (bicyclic) bond motifs is 2. The second kappa shape index (κ2) is 4.35. The van der Waals surface area contributed by atoms with Gasteiger partial charge in [-0.25, -0.2) is 0 Å². The average Bonchev–Trinajstić information content (AvgIpc) is 2.22. The normalized spacial score (nSPS) is 37.9. The number of likely N-dealkylation sites (tertiary alicyclic amines) is 1. The van der Waals surface area contributed by atoms with Gasteiger partial charge in [0, 0.05) is 13.1 Å². The largest absolute Gasteiger partial charge is 0.465 e. The Bertz CT molecular complexity index is 360. The van der Waals surface area contributed by atoms with E-state index in [0.717, 1.165) is 12.8 Å². The molecule has 0 aromatic heterocycles. The molecule has 0 aromatic rings. The third-order valence-electron chi connectivity index (χ3n) is 3.74. The van der Waals surface area contributed by atoms with Gasteiger partial charge >= 0.3 is 5.97 Å². The van der Waals surface area contributed by atoms with E-state index in [1.807, 2.05) is 11.9 Å². The lowest BCUT2D eigenvalue weighted by Gasteiger charge is -2.49. The summed E-state index contributed by atoms with van der Waals surface area (Å²) in [4.78, 5) is 26.7. The summed E-state index contributed by atoms with van der Waals surface area (Å²) < 4.78 is 4.56. The van der Waals surface area contributed by atoms with Crippen molar-refractivity contribution in [3.63, 3.8) is 0 Å². The number of hydrogen-bond acceptors (Lipinski definition) is 4. The van der Waals surface area contributed by atoms with E-state index >= 15 is 0 Å². The molecule has 0 unspecified atom stereocenters. The molecule has 2 atom stereocenters. The molecule has 2 rings (SSSR count). The molecule has 2 aliphatic rings. The van der Waals surface area contributed by atoms with Gasteiger partial charge in [0.15, 0.2) is 5.78 Å². The molecule has 1 saturated carbocycles. The first kappa shape index (κ1) is 13.0. The van der Waals surface area contributed by atoms with Gasteiger partial charge in [-0.2, -0.15) is 0 Å². The lowest BCUT2D eigenvalue weighted by molar-refractivity contribution is -0.168. The number of carbonyl (C=O) groups excluding carboxylic acids is 2. The Kier molecular flexibility index (Phi) is 3.34. The summed E-state index contributed by atoms with van der Waals surface area (Å²) in [6, 6.07) is 0. The Morgan fingerprint density at radius 1 is 1.47 bits per heavy atom. The monoisotopic (exact) mass is 303 g/mol. The van der Waals surface area contributed by atoms with Crippen molar-refractivity contribution < 1.29 is 14.3 Å². The van der Waals surface area contributed by atoms with E-state index in [-0.39, 0.29) is 11.8 Å². The summed E-state index contributed by atoms with van der Waals surface area (Å²) in [6.07, 6.45) is 2.31. The molecule has 17 heavy (non-hydrogen) atoms. The summed E-state index contributed by atoms with van der Waals surface area (Å²) in [5.74, 6) is -0.326. The summed E-state index contributed by atoms with van der Waals surface area (Å²) in [7, 11) is 1.95. The molecule has 1 heterocycles. The van der Waals surface area contributed by atoms with Gasteiger partial charge in [-0.1, -0.05) is 15.9 Å². The Labute approximate surface area is 110 Å². The van der Waals surface area contributed by atoms with E-state index < -0.39 is 9.74 Å². The van der Waals surface area contributed by atoms with Crippen LogP contribution in [0.5, 0.6) is 0 Å². The number of halogens is 1. The zero-order valence-corrected chi connectivity index (χ0v) is 11.9. The van der Waals surface area contributed by atoms with Crippen molar-refractivity contribution in [2.24, 2.45) is 5.41 Å². The van der Waals surface area contributed by atoms with Gasteiger partial charge in [-0.3, -0.25) is 9.59 Å². The topological polar surface area (TPSA) is 46.6 Å². The van der Waals surface area contributed by atoms with Crippen LogP contribution in [0.15, 0.2) is 0 Å². The SMILES string of the molecule is CCOC(=O)[C@]12CCC[C@](Br)(CN(C)C1)C2=O. The van der Waals surface area contributed by atoms with Crippen LogP contribution in [-0.2, 0) is 14.3 Å². The number of carbonyl (C=O) groups is 2. The van der Waals surface area contributed by atoms with Gasteiger partial charge < -0.3 is 9.64 Å². The molecular formula is C12H18BrNO3. The fourth-order valence-electron chi connectivity index (χ4n) is 3.10. The second-order valence-corrected chi connectivity index (χ2v) is 6.64. The highest BCUT2D eigenvalue weighted by molar-refractivity contribution is 9.10. The Balaban J connectivity index is 2.36. The molecular weight excluding hydrogens is 286 g/mol. The molecule has 0 aromatic carbocycles. The fourth-order valence-corrected chi connectivity index (χ4v) is 4.19. The maximum absolute atomic E-state index is 12.5. The molecule has 0 amide bonds. The summed E-state index contributed by atoms with van der Waals surface area (Å²) >= 11 is 3.55. The van der Waals surface area contributed by atoms with Crippen molar-refractivity contribution in [2.45, 2.75) is 30.5 Å².